The van der Waals surface area contributed by atoms with Crippen LogP contribution in [0.15, 0.2) is 24.3 Å². The van der Waals surface area contributed by atoms with Crippen molar-refractivity contribution >= 4 is 11.7 Å². The van der Waals surface area contributed by atoms with E-state index in [1.165, 1.54) is 0 Å². The van der Waals surface area contributed by atoms with Crippen LogP contribution >= 0.6 is 0 Å². The summed E-state index contributed by atoms with van der Waals surface area (Å²) < 4.78 is 10.5. The zero-order chi connectivity index (χ0) is 13.8. The highest BCUT2D eigenvalue weighted by molar-refractivity contribution is 5.80. The van der Waals surface area contributed by atoms with Gasteiger partial charge in [-0.3, -0.25) is 0 Å². The number of hydrogen-bond acceptors (Lipinski definition) is 4. The van der Waals surface area contributed by atoms with Crippen LogP contribution in [0.4, 0.5) is 5.69 Å². The molecule has 1 aromatic carbocycles. The summed E-state index contributed by atoms with van der Waals surface area (Å²) in [6.45, 7) is 7.31. The van der Waals surface area contributed by atoms with Crippen molar-refractivity contribution in [1.82, 2.24) is 0 Å². The van der Waals surface area contributed by atoms with Gasteiger partial charge in [0.1, 0.15) is 17.4 Å². The molecule has 0 aliphatic heterocycles. The summed E-state index contributed by atoms with van der Waals surface area (Å²) in [5.41, 5.74) is 0.298. The van der Waals surface area contributed by atoms with Crippen molar-refractivity contribution in [2.75, 3.05) is 12.4 Å². The highest BCUT2D eigenvalue weighted by atomic mass is 16.6. The molecule has 0 aliphatic carbocycles. The van der Waals surface area contributed by atoms with Gasteiger partial charge in [0.2, 0.25) is 0 Å². The number of esters is 1. The van der Waals surface area contributed by atoms with Crippen molar-refractivity contribution in [3.8, 4) is 5.75 Å². The molecule has 0 heterocycles. The summed E-state index contributed by atoms with van der Waals surface area (Å²) in [6, 6.07) is 7.03. The molecule has 0 bridgehead atoms. The van der Waals surface area contributed by atoms with Gasteiger partial charge in [-0.1, -0.05) is 12.1 Å². The first-order valence-corrected chi connectivity index (χ1v) is 5.96. The molecule has 0 aromatic heterocycles. The van der Waals surface area contributed by atoms with E-state index in [1.807, 2.05) is 45.0 Å². The topological polar surface area (TPSA) is 47.6 Å². The van der Waals surface area contributed by atoms with E-state index in [0.717, 1.165) is 5.69 Å². The Labute approximate surface area is 108 Å². The third kappa shape index (κ3) is 4.28. The van der Waals surface area contributed by atoms with Gasteiger partial charge in [0.15, 0.2) is 0 Å². The Hall–Kier alpha value is -1.71. The molecule has 0 amide bonds. The van der Waals surface area contributed by atoms with Crippen LogP contribution < -0.4 is 10.1 Å². The summed E-state index contributed by atoms with van der Waals surface area (Å²) >= 11 is 0. The van der Waals surface area contributed by atoms with E-state index < -0.39 is 11.6 Å². The molecule has 0 saturated carbocycles. The van der Waals surface area contributed by atoms with Gasteiger partial charge in [-0.25, -0.2) is 4.79 Å². The maximum absolute atomic E-state index is 11.8. The van der Waals surface area contributed by atoms with Crippen LogP contribution in [0.25, 0.3) is 0 Å². The van der Waals surface area contributed by atoms with Gasteiger partial charge in [-0.05, 0) is 39.8 Å². The van der Waals surface area contributed by atoms with E-state index >= 15 is 0 Å². The smallest absolute Gasteiger partial charge is 0.328 e. The molecule has 100 valence electrons. The summed E-state index contributed by atoms with van der Waals surface area (Å²) in [7, 11) is 1.60. The summed E-state index contributed by atoms with van der Waals surface area (Å²) in [5.74, 6) is 0.418. The lowest BCUT2D eigenvalue weighted by atomic mass is 10.2. The number of hydrogen-bond donors (Lipinski definition) is 1. The van der Waals surface area contributed by atoms with Crippen molar-refractivity contribution in [1.29, 1.82) is 0 Å². The Morgan fingerprint density at radius 3 is 2.44 bits per heavy atom. The number of carbonyl (C=O) groups is 1. The fraction of sp³-hybridized carbons (Fsp3) is 0.500. The summed E-state index contributed by atoms with van der Waals surface area (Å²) in [5, 5.41) is 3.08. The molecular weight excluding hydrogens is 230 g/mol. The van der Waals surface area contributed by atoms with Gasteiger partial charge >= 0.3 is 5.97 Å². The Morgan fingerprint density at radius 2 is 1.89 bits per heavy atom. The third-order valence-electron chi connectivity index (χ3n) is 2.24. The van der Waals surface area contributed by atoms with E-state index in [0.29, 0.717) is 5.75 Å². The van der Waals surface area contributed by atoms with Crippen LogP contribution in [0.1, 0.15) is 27.7 Å². The lowest BCUT2D eigenvalue weighted by molar-refractivity contribution is -0.155. The minimum Gasteiger partial charge on any atom is -0.495 e. The molecule has 0 radical (unpaired) electrons. The summed E-state index contributed by atoms with van der Waals surface area (Å²) in [4.78, 5) is 11.8. The predicted molar refractivity (Wildman–Crippen MR) is 71.9 cm³/mol. The van der Waals surface area contributed by atoms with Crippen molar-refractivity contribution in [2.45, 2.75) is 39.3 Å². The first kappa shape index (κ1) is 14.4. The SMILES string of the molecule is COc1ccccc1NC(C)C(=O)OC(C)(C)C. The average Bonchev–Trinajstić information content (AvgIpc) is 2.27. The number of benzene rings is 1. The molecule has 1 atom stereocenters. The van der Waals surface area contributed by atoms with Crippen LogP contribution in [0, 0.1) is 0 Å². The molecule has 4 heteroatoms. The Balaban J connectivity index is 2.69. The third-order valence-corrected chi connectivity index (χ3v) is 2.24. The zero-order valence-electron chi connectivity index (χ0n) is 11.6. The average molecular weight is 251 g/mol. The Morgan fingerprint density at radius 1 is 1.28 bits per heavy atom. The van der Waals surface area contributed by atoms with Crippen molar-refractivity contribution in [3.05, 3.63) is 24.3 Å². The largest absolute Gasteiger partial charge is 0.495 e. The van der Waals surface area contributed by atoms with E-state index in [9.17, 15) is 4.79 Å². The second-order valence-electron chi connectivity index (χ2n) is 5.10. The highest BCUT2D eigenvalue weighted by Crippen LogP contribution is 2.24. The maximum atomic E-state index is 11.8. The van der Waals surface area contributed by atoms with Crippen molar-refractivity contribution in [2.24, 2.45) is 0 Å². The normalized spacial score (nSPS) is 12.7. The van der Waals surface area contributed by atoms with Gasteiger partial charge < -0.3 is 14.8 Å². The molecule has 4 nitrogen and oxygen atoms in total. The van der Waals surface area contributed by atoms with Crippen LogP contribution in [-0.4, -0.2) is 24.7 Å². The minimum atomic E-state index is -0.478. The molecule has 1 rings (SSSR count). The fourth-order valence-corrected chi connectivity index (χ4v) is 1.45. The Kier molecular flexibility index (Phi) is 4.59. The zero-order valence-corrected chi connectivity index (χ0v) is 11.6. The monoisotopic (exact) mass is 251 g/mol. The number of rotatable bonds is 4. The van der Waals surface area contributed by atoms with Gasteiger partial charge in [0, 0.05) is 0 Å². The number of para-hydroxylation sites is 2. The predicted octanol–water partition coefficient (Wildman–Crippen LogP) is 2.84. The van der Waals surface area contributed by atoms with Crippen molar-refractivity contribution in [3.63, 3.8) is 0 Å². The lowest BCUT2D eigenvalue weighted by Gasteiger charge is -2.23. The van der Waals surface area contributed by atoms with E-state index in [2.05, 4.69) is 5.32 Å². The second-order valence-corrected chi connectivity index (χ2v) is 5.10. The second kappa shape index (κ2) is 5.76. The van der Waals surface area contributed by atoms with Crippen molar-refractivity contribution < 1.29 is 14.3 Å². The maximum Gasteiger partial charge on any atom is 0.328 e. The number of ether oxygens (including phenoxy) is 2. The standard InChI is InChI=1S/C14H21NO3/c1-10(13(16)18-14(2,3)4)15-11-8-6-7-9-12(11)17-5/h6-10,15H,1-5H3. The van der Waals surface area contributed by atoms with E-state index in [-0.39, 0.29) is 5.97 Å². The van der Waals surface area contributed by atoms with Crippen LogP contribution in [0.2, 0.25) is 0 Å². The molecule has 0 spiro atoms. The fourth-order valence-electron chi connectivity index (χ4n) is 1.45. The minimum absolute atomic E-state index is 0.284. The molecular formula is C14H21NO3. The molecule has 1 aromatic rings. The van der Waals surface area contributed by atoms with Crippen LogP contribution in [-0.2, 0) is 9.53 Å². The molecule has 0 saturated heterocycles. The highest BCUT2D eigenvalue weighted by Gasteiger charge is 2.22. The van der Waals surface area contributed by atoms with E-state index in [1.54, 1.807) is 14.0 Å². The van der Waals surface area contributed by atoms with Gasteiger partial charge in [-0.2, -0.15) is 0 Å². The number of carbonyl (C=O) groups excluding carboxylic acids is 1. The molecule has 1 unspecified atom stereocenters. The van der Waals surface area contributed by atoms with Gasteiger partial charge in [-0.15, -0.1) is 0 Å². The lowest BCUT2D eigenvalue weighted by Crippen LogP contribution is -2.34. The molecule has 0 fully saturated rings. The number of anilines is 1. The van der Waals surface area contributed by atoms with Crippen LogP contribution in [0.5, 0.6) is 5.75 Å². The number of nitrogens with one attached hydrogen (secondary N) is 1. The van der Waals surface area contributed by atoms with Crippen LogP contribution in [0.3, 0.4) is 0 Å². The molecule has 1 N–H and O–H groups in total. The Bertz CT molecular complexity index is 410. The first-order chi connectivity index (χ1) is 8.33. The van der Waals surface area contributed by atoms with Gasteiger partial charge in [0.05, 0.1) is 12.8 Å². The quantitative estimate of drug-likeness (QED) is 0.836. The molecule has 0 aliphatic rings. The van der Waals surface area contributed by atoms with Gasteiger partial charge in [0.25, 0.3) is 0 Å². The number of methoxy groups -OCH3 is 1. The first-order valence-electron chi connectivity index (χ1n) is 5.96. The van der Waals surface area contributed by atoms with E-state index in [4.69, 9.17) is 9.47 Å². The molecule has 18 heavy (non-hydrogen) atoms. The summed E-state index contributed by atoms with van der Waals surface area (Å²) in [6.07, 6.45) is 0.